The number of nitrogens with zero attached hydrogens (tertiary/aromatic N) is 1. The van der Waals surface area contributed by atoms with Gasteiger partial charge in [0, 0.05) is 31.1 Å². The highest BCUT2D eigenvalue weighted by molar-refractivity contribution is 5.95. The van der Waals surface area contributed by atoms with Crippen molar-refractivity contribution in [1.29, 1.82) is 0 Å². The quantitative estimate of drug-likeness (QED) is 0.908. The van der Waals surface area contributed by atoms with Gasteiger partial charge in [0.25, 0.3) is 0 Å². The third-order valence-electron chi connectivity index (χ3n) is 4.09. The van der Waals surface area contributed by atoms with Gasteiger partial charge in [0.1, 0.15) is 12.4 Å². The van der Waals surface area contributed by atoms with E-state index in [9.17, 15) is 14.0 Å². The molecule has 0 bridgehead atoms. The van der Waals surface area contributed by atoms with Gasteiger partial charge in [-0.25, -0.2) is 9.18 Å². The van der Waals surface area contributed by atoms with E-state index in [2.05, 4.69) is 5.32 Å². The number of anilines is 1. The smallest absolute Gasteiger partial charge is 0.407 e. The molecule has 1 unspecified atom stereocenters. The van der Waals surface area contributed by atoms with E-state index in [1.54, 1.807) is 17.0 Å². The molecular formula is C19H19FN2O3. The predicted molar refractivity (Wildman–Crippen MR) is 91.5 cm³/mol. The number of ether oxygens (including phenoxy) is 1. The van der Waals surface area contributed by atoms with E-state index < -0.39 is 6.09 Å². The van der Waals surface area contributed by atoms with Crippen LogP contribution in [-0.4, -0.2) is 25.1 Å². The van der Waals surface area contributed by atoms with Crippen molar-refractivity contribution >= 4 is 17.7 Å². The fourth-order valence-electron chi connectivity index (χ4n) is 2.79. The second-order valence-corrected chi connectivity index (χ2v) is 5.99. The molecule has 1 aliphatic heterocycles. The molecule has 1 saturated heterocycles. The third-order valence-corrected chi connectivity index (χ3v) is 4.09. The molecule has 1 aliphatic rings. The van der Waals surface area contributed by atoms with Crippen LogP contribution in [0.2, 0.25) is 0 Å². The number of rotatable bonds is 5. The third kappa shape index (κ3) is 4.56. The van der Waals surface area contributed by atoms with E-state index in [1.807, 2.05) is 30.3 Å². The maximum Gasteiger partial charge on any atom is 0.407 e. The van der Waals surface area contributed by atoms with Crippen molar-refractivity contribution in [3.05, 3.63) is 66.0 Å². The molecule has 0 radical (unpaired) electrons. The Labute approximate surface area is 145 Å². The number of alkyl carbamates (subject to hydrolysis) is 1. The number of nitrogens with one attached hydrogen (secondary N) is 1. The number of hydrogen-bond acceptors (Lipinski definition) is 3. The molecule has 130 valence electrons. The van der Waals surface area contributed by atoms with Gasteiger partial charge in [-0.05, 0) is 29.8 Å². The summed E-state index contributed by atoms with van der Waals surface area (Å²) in [6.07, 6.45) is -0.160. The number of carbonyl (C=O) groups is 2. The second kappa shape index (κ2) is 7.79. The van der Waals surface area contributed by atoms with Crippen LogP contribution in [0.4, 0.5) is 14.9 Å². The summed E-state index contributed by atoms with van der Waals surface area (Å²) in [6, 6.07) is 15.2. The molecule has 1 atom stereocenters. The number of benzene rings is 2. The van der Waals surface area contributed by atoms with Gasteiger partial charge < -0.3 is 15.0 Å². The van der Waals surface area contributed by atoms with Crippen molar-refractivity contribution in [2.24, 2.45) is 5.92 Å². The molecule has 0 saturated carbocycles. The normalized spacial score (nSPS) is 16.8. The lowest BCUT2D eigenvalue weighted by molar-refractivity contribution is -0.117. The lowest BCUT2D eigenvalue weighted by Crippen LogP contribution is -2.31. The molecule has 25 heavy (non-hydrogen) atoms. The Hall–Kier alpha value is -2.89. The Morgan fingerprint density at radius 1 is 1.16 bits per heavy atom. The van der Waals surface area contributed by atoms with E-state index in [4.69, 9.17) is 4.74 Å². The number of hydrogen-bond donors (Lipinski definition) is 1. The molecule has 2 amide bonds. The zero-order valence-corrected chi connectivity index (χ0v) is 13.7. The first-order chi connectivity index (χ1) is 12.1. The first-order valence-corrected chi connectivity index (χ1v) is 8.12. The summed E-state index contributed by atoms with van der Waals surface area (Å²) in [7, 11) is 0. The fourth-order valence-corrected chi connectivity index (χ4v) is 2.79. The predicted octanol–water partition coefficient (Wildman–Crippen LogP) is 3.11. The summed E-state index contributed by atoms with van der Waals surface area (Å²) in [4.78, 5) is 25.5. The molecule has 2 aromatic rings. The van der Waals surface area contributed by atoms with Gasteiger partial charge in [-0.3, -0.25) is 4.79 Å². The van der Waals surface area contributed by atoms with Crippen LogP contribution in [0.1, 0.15) is 12.0 Å². The average molecular weight is 342 g/mol. The van der Waals surface area contributed by atoms with Crippen molar-refractivity contribution in [3.8, 4) is 0 Å². The van der Waals surface area contributed by atoms with E-state index in [0.717, 1.165) is 5.56 Å². The van der Waals surface area contributed by atoms with Crippen LogP contribution in [0, 0.1) is 11.7 Å². The molecular weight excluding hydrogens is 323 g/mol. The van der Waals surface area contributed by atoms with E-state index >= 15 is 0 Å². The maximum absolute atomic E-state index is 13.0. The van der Waals surface area contributed by atoms with Gasteiger partial charge in [-0.1, -0.05) is 30.3 Å². The Kier molecular flexibility index (Phi) is 5.28. The first kappa shape index (κ1) is 17.0. The van der Waals surface area contributed by atoms with E-state index in [-0.39, 0.29) is 24.2 Å². The first-order valence-electron chi connectivity index (χ1n) is 8.12. The molecule has 0 aromatic heterocycles. The molecule has 3 rings (SSSR count). The Morgan fingerprint density at radius 2 is 1.88 bits per heavy atom. The number of halogens is 1. The minimum atomic E-state index is -0.503. The van der Waals surface area contributed by atoms with Crippen LogP contribution < -0.4 is 10.2 Å². The summed E-state index contributed by atoms with van der Waals surface area (Å²) < 4.78 is 18.1. The van der Waals surface area contributed by atoms with Gasteiger partial charge in [-0.15, -0.1) is 0 Å². The summed E-state index contributed by atoms with van der Waals surface area (Å²) >= 11 is 0. The van der Waals surface area contributed by atoms with Crippen molar-refractivity contribution in [2.75, 3.05) is 18.0 Å². The van der Waals surface area contributed by atoms with Gasteiger partial charge in [-0.2, -0.15) is 0 Å². The maximum atomic E-state index is 13.0. The summed E-state index contributed by atoms with van der Waals surface area (Å²) in [5.41, 5.74) is 1.58. The van der Waals surface area contributed by atoms with Gasteiger partial charge in [0.2, 0.25) is 5.91 Å². The fraction of sp³-hybridized carbons (Fsp3) is 0.263. The monoisotopic (exact) mass is 342 g/mol. The highest BCUT2D eigenvalue weighted by atomic mass is 19.1. The molecule has 1 fully saturated rings. The van der Waals surface area contributed by atoms with Gasteiger partial charge >= 0.3 is 6.09 Å². The van der Waals surface area contributed by atoms with Gasteiger partial charge in [0.05, 0.1) is 0 Å². The van der Waals surface area contributed by atoms with Crippen LogP contribution in [0.25, 0.3) is 0 Å². The van der Waals surface area contributed by atoms with Crippen LogP contribution in [0.15, 0.2) is 54.6 Å². The van der Waals surface area contributed by atoms with Gasteiger partial charge in [0.15, 0.2) is 0 Å². The summed E-state index contributed by atoms with van der Waals surface area (Å²) in [5, 5.41) is 2.70. The van der Waals surface area contributed by atoms with Crippen molar-refractivity contribution in [2.45, 2.75) is 13.0 Å². The van der Waals surface area contributed by atoms with Crippen molar-refractivity contribution in [1.82, 2.24) is 5.32 Å². The zero-order valence-electron chi connectivity index (χ0n) is 13.7. The standard InChI is InChI=1S/C19H19FN2O3/c20-16-6-8-17(9-7-16)22-12-15(10-18(22)23)11-21-19(24)25-13-14-4-2-1-3-5-14/h1-9,15H,10-13H2,(H,21,24). The summed E-state index contributed by atoms with van der Waals surface area (Å²) in [5.74, 6) is -0.368. The molecule has 2 aromatic carbocycles. The molecule has 0 aliphatic carbocycles. The highest BCUT2D eigenvalue weighted by Gasteiger charge is 2.30. The SMILES string of the molecule is O=C(NCC1CC(=O)N(c2ccc(F)cc2)C1)OCc1ccccc1. The molecule has 1 heterocycles. The molecule has 0 spiro atoms. The number of carbonyl (C=O) groups excluding carboxylic acids is 2. The van der Waals surface area contributed by atoms with Crippen LogP contribution >= 0.6 is 0 Å². The molecule has 6 heteroatoms. The average Bonchev–Trinajstić information content (AvgIpc) is 3.00. The van der Waals surface area contributed by atoms with Crippen LogP contribution in [0.5, 0.6) is 0 Å². The van der Waals surface area contributed by atoms with Crippen LogP contribution in [0.3, 0.4) is 0 Å². The lowest BCUT2D eigenvalue weighted by Gasteiger charge is -2.17. The topological polar surface area (TPSA) is 58.6 Å². The Morgan fingerprint density at radius 3 is 2.60 bits per heavy atom. The second-order valence-electron chi connectivity index (χ2n) is 5.99. The van der Waals surface area contributed by atoms with Crippen molar-refractivity contribution < 1.29 is 18.7 Å². The zero-order chi connectivity index (χ0) is 17.6. The minimum absolute atomic E-state index is 0.00169. The van der Waals surface area contributed by atoms with Crippen molar-refractivity contribution in [3.63, 3.8) is 0 Å². The highest BCUT2D eigenvalue weighted by Crippen LogP contribution is 2.24. The molecule has 1 N–H and O–H groups in total. The van der Waals surface area contributed by atoms with Crippen LogP contribution in [-0.2, 0) is 16.1 Å². The molecule has 5 nitrogen and oxygen atoms in total. The number of amides is 2. The van der Waals surface area contributed by atoms with E-state index in [1.165, 1.54) is 12.1 Å². The summed E-state index contributed by atoms with van der Waals surface area (Å²) in [6.45, 7) is 1.05. The van der Waals surface area contributed by atoms with E-state index in [0.29, 0.717) is 25.2 Å². The Balaban J connectivity index is 1.45. The minimum Gasteiger partial charge on any atom is -0.445 e. The largest absolute Gasteiger partial charge is 0.445 e. The Bertz CT molecular complexity index is 734. The lowest BCUT2D eigenvalue weighted by atomic mass is 10.1.